The molecule has 0 spiro atoms. The van der Waals surface area contributed by atoms with Crippen LogP contribution in [0.15, 0.2) is 11.4 Å². The molecule has 18 heavy (non-hydrogen) atoms. The molecule has 100 valence electrons. The molecule has 1 saturated heterocycles. The van der Waals surface area contributed by atoms with Crippen molar-refractivity contribution in [1.29, 1.82) is 0 Å². The summed E-state index contributed by atoms with van der Waals surface area (Å²) in [5, 5.41) is 2.06. The SMILES string of the molecule is COC(=O)C1(C(c2sccc2C)N(C)C)COC1. The average Bonchev–Trinajstić information content (AvgIpc) is 2.68. The predicted octanol–water partition coefficient (Wildman–Crippen LogP) is 1.85. The minimum Gasteiger partial charge on any atom is -0.468 e. The Labute approximate surface area is 111 Å². The minimum absolute atomic E-state index is 0.0127. The molecule has 5 heteroatoms. The second-order valence-electron chi connectivity index (χ2n) is 4.97. The number of nitrogens with zero attached hydrogens (tertiary/aromatic N) is 1. The van der Waals surface area contributed by atoms with Gasteiger partial charge in [-0.05, 0) is 38.0 Å². The summed E-state index contributed by atoms with van der Waals surface area (Å²) in [6, 6.07) is 2.10. The Balaban J connectivity index is 2.42. The molecule has 2 heterocycles. The van der Waals surface area contributed by atoms with Crippen LogP contribution in [-0.2, 0) is 14.3 Å². The van der Waals surface area contributed by atoms with Gasteiger partial charge >= 0.3 is 5.97 Å². The van der Waals surface area contributed by atoms with Crippen LogP contribution in [-0.4, -0.2) is 45.3 Å². The van der Waals surface area contributed by atoms with Crippen LogP contribution in [0.3, 0.4) is 0 Å². The van der Waals surface area contributed by atoms with Crippen molar-refractivity contribution in [3.8, 4) is 0 Å². The van der Waals surface area contributed by atoms with Crippen molar-refractivity contribution < 1.29 is 14.3 Å². The fourth-order valence-corrected chi connectivity index (χ4v) is 3.79. The number of carbonyl (C=O) groups is 1. The van der Waals surface area contributed by atoms with Crippen molar-refractivity contribution >= 4 is 17.3 Å². The van der Waals surface area contributed by atoms with E-state index in [1.807, 2.05) is 14.1 Å². The first kappa shape index (κ1) is 13.5. The highest BCUT2D eigenvalue weighted by molar-refractivity contribution is 7.10. The quantitative estimate of drug-likeness (QED) is 0.782. The van der Waals surface area contributed by atoms with Crippen molar-refractivity contribution in [3.63, 3.8) is 0 Å². The monoisotopic (exact) mass is 269 g/mol. The molecule has 0 saturated carbocycles. The lowest BCUT2D eigenvalue weighted by Gasteiger charge is -2.46. The van der Waals surface area contributed by atoms with E-state index in [0.717, 1.165) is 0 Å². The molecule has 0 bridgehead atoms. The smallest absolute Gasteiger partial charge is 0.318 e. The average molecular weight is 269 g/mol. The molecular weight excluding hydrogens is 250 g/mol. The molecule has 4 nitrogen and oxygen atoms in total. The van der Waals surface area contributed by atoms with Gasteiger partial charge in [0.1, 0.15) is 5.41 Å². The number of esters is 1. The zero-order valence-electron chi connectivity index (χ0n) is 11.2. The Bertz CT molecular complexity index is 437. The summed E-state index contributed by atoms with van der Waals surface area (Å²) in [7, 11) is 5.43. The lowest BCUT2D eigenvalue weighted by Crippen LogP contribution is -2.57. The van der Waals surface area contributed by atoms with Gasteiger partial charge in [0.25, 0.3) is 0 Å². The summed E-state index contributed by atoms with van der Waals surface area (Å²) >= 11 is 1.69. The zero-order chi connectivity index (χ0) is 13.3. The molecule has 1 atom stereocenters. The molecule has 1 aromatic rings. The largest absolute Gasteiger partial charge is 0.468 e. The lowest BCUT2D eigenvalue weighted by atomic mass is 9.76. The molecule has 1 aliphatic rings. The maximum Gasteiger partial charge on any atom is 0.318 e. The van der Waals surface area contributed by atoms with E-state index in [4.69, 9.17) is 9.47 Å². The first-order chi connectivity index (χ1) is 8.53. The third kappa shape index (κ3) is 1.96. The van der Waals surface area contributed by atoms with Crippen molar-refractivity contribution in [2.45, 2.75) is 13.0 Å². The third-order valence-corrected chi connectivity index (χ3v) is 4.57. The highest BCUT2D eigenvalue weighted by atomic mass is 32.1. The highest BCUT2D eigenvalue weighted by Crippen LogP contribution is 2.46. The van der Waals surface area contributed by atoms with Crippen LogP contribution in [0.25, 0.3) is 0 Å². The summed E-state index contributed by atoms with van der Waals surface area (Å²) in [5.41, 5.74) is 0.655. The molecule has 1 unspecified atom stereocenters. The van der Waals surface area contributed by atoms with E-state index in [-0.39, 0.29) is 12.0 Å². The summed E-state index contributed by atoms with van der Waals surface area (Å²) < 4.78 is 10.3. The molecule has 0 N–H and O–H groups in total. The van der Waals surface area contributed by atoms with Gasteiger partial charge in [0.05, 0.1) is 26.4 Å². The van der Waals surface area contributed by atoms with Crippen molar-refractivity contribution in [2.75, 3.05) is 34.4 Å². The minimum atomic E-state index is -0.562. The topological polar surface area (TPSA) is 38.8 Å². The van der Waals surface area contributed by atoms with Gasteiger partial charge in [-0.25, -0.2) is 0 Å². The third-order valence-electron chi connectivity index (χ3n) is 3.50. The first-order valence-electron chi connectivity index (χ1n) is 5.89. The van der Waals surface area contributed by atoms with E-state index >= 15 is 0 Å². The molecule has 1 aromatic heterocycles. The number of rotatable bonds is 4. The Hall–Kier alpha value is -0.910. The zero-order valence-corrected chi connectivity index (χ0v) is 12.0. The fourth-order valence-electron chi connectivity index (χ4n) is 2.56. The summed E-state index contributed by atoms with van der Waals surface area (Å²) in [4.78, 5) is 15.4. The first-order valence-corrected chi connectivity index (χ1v) is 6.77. The summed E-state index contributed by atoms with van der Waals surface area (Å²) in [6.45, 7) is 2.94. The summed E-state index contributed by atoms with van der Waals surface area (Å²) in [6.07, 6.45) is 0. The van der Waals surface area contributed by atoms with Crippen molar-refractivity contribution in [3.05, 3.63) is 21.9 Å². The number of hydrogen-bond acceptors (Lipinski definition) is 5. The standard InChI is InChI=1S/C13H19NO3S/c1-9-5-6-18-10(9)11(14(2)3)13(7-17-8-13)12(15)16-4/h5-6,11H,7-8H2,1-4H3. The highest BCUT2D eigenvalue weighted by Gasteiger charge is 2.55. The molecule has 0 radical (unpaired) electrons. The maximum absolute atomic E-state index is 12.1. The number of carbonyl (C=O) groups excluding carboxylic acids is 1. The second kappa shape index (κ2) is 4.99. The number of ether oxygens (including phenoxy) is 2. The van der Waals surface area contributed by atoms with E-state index in [0.29, 0.717) is 13.2 Å². The maximum atomic E-state index is 12.1. The van der Waals surface area contributed by atoms with Gasteiger partial charge in [0.15, 0.2) is 0 Å². The Morgan fingerprint density at radius 3 is 2.56 bits per heavy atom. The number of aryl methyl sites for hydroxylation is 1. The van der Waals surface area contributed by atoms with Crippen LogP contribution in [0.5, 0.6) is 0 Å². The molecule has 0 aliphatic carbocycles. The molecule has 0 amide bonds. The van der Waals surface area contributed by atoms with Crippen LogP contribution in [0, 0.1) is 12.3 Å². The Kier molecular flexibility index (Phi) is 3.75. The molecule has 2 rings (SSSR count). The van der Waals surface area contributed by atoms with Crippen LogP contribution in [0.2, 0.25) is 0 Å². The normalized spacial score (nSPS) is 19.4. The predicted molar refractivity (Wildman–Crippen MR) is 70.8 cm³/mol. The van der Waals surface area contributed by atoms with Gasteiger partial charge < -0.3 is 14.4 Å². The van der Waals surface area contributed by atoms with Gasteiger partial charge in [-0.3, -0.25) is 4.79 Å². The van der Waals surface area contributed by atoms with Crippen molar-refractivity contribution in [2.24, 2.45) is 5.41 Å². The van der Waals surface area contributed by atoms with E-state index in [9.17, 15) is 4.79 Å². The fraction of sp³-hybridized carbons (Fsp3) is 0.615. The van der Waals surface area contributed by atoms with Gasteiger partial charge in [-0.2, -0.15) is 0 Å². The molecule has 1 aliphatic heterocycles. The van der Waals surface area contributed by atoms with Crippen LogP contribution < -0.4 is 0 Å². The second-order valence-corrected chi connectivity index (χ2v) is 5.92. The van der Waals surface area contributed by atoms with Gasteiger partial charge in [-0.1, -0.05) is 0 Å². The molecular formula is C13H19NO3S. The molecule has 0 aromatic carbocycles. The Morgan fingerprint density at radius 2 is 2.22 bits per heavy atom. The van der Waals surface area contributed by atoms with E-state index in [1.54, 1.807) is 11.3 Å². The van der Waals surface area contributed by atoms with E-state index < -0.39 is 5.41 Å². The van der Waals surface area contributed by atoms with Gasteiger partial charge in [-0.15, -0.1) is 11.3 Å². The van der Waals surface area contributed by atoms with E-state index in [2.05, 4.69) is 23.3 Å². The van der Waals surface area contributed by atoms with Gasteiger partial charge in [0, 0.05) is 4.88 Å². The summed E-state index contributed by atoms with van der Waals surface area (Å²) in [5.74, 6) is -0.180. The Morgan fingerprint density at radius 1 is 1.56 bits per heavy atom. The number of hydrogen-bond donors (Lipinski definition) is 0. The van der Waals surface area contributed by atoms with Crippen molar-refractivity contribution in [1.82, 2.24) is 4.90 Å². The van der Waals surface area contributed by atoms with Crippen LogP contribution in [0.1, 0.15) is 16.5 Å². The molecule has 1 fully saturated rings. The number of thiophene rings is 1. The van der Waals surface area contributed by atoms with Crippen LogP contribution >= 0.6 is 11.3 Å². The van der Waals surface area contributed by atoms with E-state index in [1.165, 1.54) is 17.6 Å². The lowest BCUT2D eigenvalue weighted by molar-refractivity contribution is -0.196. The van der Waals surface area contributed by atoms with Gasteiger partial charge in [0.2, 0.25) is 0 Å². The van der Waals surface area contributed by atoms with Crippen LogP contribution in [0.4, 0.5) is 0 Å². The number of methoxy groups -OCH3 is 1.